The van der Waals surface area contributed by atoms with Gasteiger partial charge in [0, 0.05) is 12.1 Å². The molecule has 0 fully saturated rings. The SMILES string of the molecule is COc1ccc(OCC(O)CN)c(C(C)(C)C)c1. The van der Waals surface area contributed by atoms with Crippen LogP contribution in [0.2, 0.25) is 0 Å². The molecule has 102 valence electrons. The molecule has 1 unspecified atom stereocenters. The van der Waals surface area contributed by atoms with E-state index in [1.807, 2.05) is 18.2 Å². The van der Waals surface area contributed by atoms with Gasteiger partial charge in [0.1, 0.15) is 24.2 Å². The minimum absolute atomic E-state index is 0.0580. The van der Waals surface area contributed by atoms with Crippen LogP contribution in [0, 0.1) is 0 Å². The van der Waals surface area contributed by atoms with Crippen molar-refractivity contribution in [2.45, 2.75) is 32.3 Å². The maximum Gasteiger partial charge on any atom is 0.123 e. The summed E-state index contributed by atoms with van der Waals surface area (Å²) in [5, 5.41) is 9.44. The predicted molar refractivity (Wildman–Crippen MR) is 72.3 cm³/mol. The second kappa shape index (κ2) is 6.07. The highest BCUT2D eigenvalue weighted by Crippen LogP contribution is 2.34. The standard InChI is InChI=1S/C14H23NO3/c1-14(2,3)12-7-11(17-4)5-6-13(12)18-9-10(16)8-15/h5-7,10,16H,8-9,15H2,1-4H3. The second-order valence-electron chi connectivity index (χ2n) is 5.31. The third-order valence-electron chi connectivity index (χ3n) is 2.70. The van der Waals surface area contributed by atoms with Gasteiger partial charge < -0.3 is 20.3 Å². The number of rotatable bonds is 5. The molecule has 0 aromatic heterocycles. The van der Waals surface area contributed by atoms with Gasteiger partial charge >= 0.3 is 0 Å². The van der Waals surface area contributed by atoms with Gasteiger partial charge in [0.05, 0.1) is 7.11 Å². The third kappa shape index (κ3) is 3.89. The monoisotopic (exact) mass is 253 g/mol. The number of ether oxygens (including phenoxy) is 2. The topological polar surface area (TPSA) is 64.7 Å². The minimum atomic E-state index is -0.639. The van der Waals surface area contributed by atoms with Gasteiger partial charge in [-0.1, -0.05) is 20.8 Å². The van der Waals surface area contributed by atoms with E-state index in [-0.39, 0.29) is 18.6 Å². The van der Waals surface area contributed by atoms with Gasteiger partial charge in [0.15, 0.2) is 0 Å². The molecule has 0 bridgehead atoms. The Morgan fingerprint density at radius 1 is 1.33 bits per heavy atom. The minimum Gasteiger partial charge on any atom is -0.497 e. The molecule has 0 radical (unpaired) electrons. The number of aliphatic hydroxyl groups is 1. The first kappa shape index (κ1) is 14.8. The first-order chi connectivity index (χ1) is 8.38. The fourth-order valence-corrected chi connectivity index (χ4v) is 1.60. The lowest BCUT2D eigenvalue weighted by Gasteiger charge is -2.24. The predicted octanol–water partition coefficient (Wildman–Crippen LogP) is 1.69. The Morgan fingerprint density at radius 2 is 2.00 bits per heavy atom. The number of benzene rings is 1. The summed E-state index contributed by atoms with van der Waals surface area (Å²) in [5.41, 5.74) is 6.34. The highest BCUT2D eigenvalue weighted by atomic mass is 16.5. The van der Waals surface area contributed by atoms with Crippen LogP contribution in [0.3, 0.4) is 0 Å². The Balaban J connectivity index is 2.96. The zero-order valence-electron chi connectivity index (χ0n) is 11.6. The van der Waals surface area contributed by atoms with Crippen LogP contribution in [0.1, 0.15) is 26.3 Å². The molecular formula is C14H23NO3. The zero-order chi connectivity index (χ0) is 13.8. The average molecular weight is 253 g/mol. The molecular weight excluding hydrogens is 230 g/mol. The summed E-state index contributed by atoms with van der Waals surface area (Å²) in [4.78, 5) is 0. The molecule has 0 aliphatic carbocycles. The van der Waals surface area contributed by atoms with Gasteiger partial charge in [-0.15, -0.1) is 0 Å². The molecule has 1 aromatic carbocycles. The Kier molecular flexibility index (Phi) is 4.99. The van der Waals surface area contributed by atoms with E-state index in [9.17, 15) is 5.11 Å². The summed E-state index contributed by atoms with van der Waals surface area (Å²) < 4.78 is 10.9. The molecule has 0 aliphatic rings. The van der Waals surface area contributed by atoms with Crippen LogP contribution in [0.4, 0.5) is 0 Å². The number of hydrogen-bond acceptors (Lipinski definition) is 4. The zero-order valence-corrected chi connectivity index (χ0v) is 11.6. The molecule has 0 saturated carbocycles. The molecule has 1 rings (SSSR count). The van der Waals surface area contributed by atoms with Crippen LogP contribution in [0.5, 0.6) is 11.5 Å². The van der Waals surface area contributed by atoms with Gasteiger partial charge in [0.25, 0.3) is 0 Å². The van der Waals surface area contributed by atoms with Crippen LogP contribution in [-0.4, -0.2) is 31.5 Å². The fraction of sp³-hybridized carbons (Fsp3) is 0.571. The summed E-state index contributed by atoms with van der Waals surface area (Å²) in [7, 11) is 1.64. The maximum absolute atomic E-state index is 9.44. The molecule has 0 amide bonds. The van der Waals surface area contributed by atoms with Crippen molar-refractivity contribution in [1.29, 1.82) is 0 Å². The number of aliphatic hydroxyl groups excluding tert-OH is 1. The smallest absolute Gasteiger partial charge is 0.123 e. The lowest BCUT2D eigenvalue weighted by molar-refractivity contribution is 0.113. The normalized spacial score (nSPS) is 13.2. The van der Waals surface area contributed by atoms with Crippen LogP contribution < -0.4 is 15.2 Å². The molecule has 0 heterocycles. The van der Waals surface area contributed by atoms with Gasteiger partial charge in [-0.25, -0.2) is 0 Å². The van der Waals surface area contributed by atoms with E-state index in [0.29, 0.717) is 0 Å². The summed E-state index contributed by atoms with van der Waals surface area (Å²) >= 11 is 0. The molecule has 4 nitrogen and oxygen atoms in total. The van der Waals surface area contributed by atoms with Gasteiger partial charge in [0.2, 0.25) is 0 Å². The molecule has 4 heteroatoms. The molecule has 0 spiro atoms. The van der Waals surface area contributed by atoms with Crippen molar-refractivity contribution in [3.63, 3.8) is 0 Å². The van der Waals surface area contributed by atoms with E-state index in [2.05, 4.69) is 20.8 Å². The van der Waals surface area contributed by atoms with Gasteiger partial charge in [-0.05, 0) is 23.6 Å². The Morgan fingerprint density at radius 3 is 2.50 bits per heavy atom. The number of hydrogen-bond donors (Lipinski definition) is 2. The first-order valence-corrected chi connectivity index (χ1v) is 6.08. The third-order valence-corrected chi connectivity index (χ3v) is 2.70. The van der Waals surface area contributed by atoms with Gasteiger partial charge in [-0.3, -0.25) is 0 Å². The summed E-state index contributed by atoms with van der Waals surface area (Å²) in [6, 6.07) is 5.67. The van der Waals surface area contributed by atoms with Crippen molar-refractivity contribution in [2.24, 2.45) is 5.73 Å². The van der Waals surface area contributed by atoms with E-state index in [0.717, 1.165) is 17.1 Å². The Bertz CT molecular complexity index is 385. The van der Waals surface area contributed by atoms with Gasteiger partial charge in [-0.2, -0.15) is 0 Å². The Hall–Kier alpha value is -1.26. The lowest BCUT2D eigenvalue weighted by Crippen LogP contribution is -2.27. The first-order valence-electron chi connectivity index (χ1n) is 6.08. The average Bonchev–Trinajstić information content (AvgIpc) is 2.34. The largest absolute Gasteiger partial charge is 0.497 e. The molecule has 0 aliphatic heterocycles. The maximum atomic E-state index is 9.44. The van der Waals surface area contributed by atoms with Crippen molar-refractivity contribution in [1.82, 2.24) is 0 Å². The molecule has 3 N–H and O–H groups in total. The van der Waals surface area contributed by atoms with Crippen molar-refractivity contribution in [3.05, 3.63) is 23.8 Å². The van der Waals surface area contributed by atoms with Crippen molar-refractivity contribution < 1.29 is 14.6 Å². The highest BCUT2D eigenvalue weighted by Gasteiger charge is 2.20. The van der Waals surface area contributed by atoms with Crippen molar-refractivity contribution >= 4 is 0 Å². The molecule has 1 atom stereocenters. The summed E-state index contributed by atoms with van der Waals surface area (Å²) in [6.45, 7) is 6.71. The number of nitrogens with two attached hydrogens (primary N) is 1. The van der Waals surface area contributed by atoms with E-state index in [4.69, 9.17) is 15.2 Å². The molecule has 18 heavy (non-hydrogen) atoms. The van der Waals surface area contributed by atoms with Crippen LogP contribution in [-0.2, 0) is 5.41 Å². The quantitative estimate of drug-likeness (QED) is 0.838. The van der Waals surface area contributed by atoms with Crippen LogP contribution in [0.15, 0.2) is 18.2 Å². The second-order valence-corrected chi connectivity index (χ2v) is 5.31. The van der Waals surface area contributed by atoms with Crippen LogP contribution in [0.25, 0.3) is 0 Å². The van der Waals surface area contributed by atoms with E-state index >= 15 is 0 Å². The molecule has 0 saturated heterocycles. The van der Waals surface area contributed by atoms with E-state index < -0.39 is 6.10 Å². The summed E-state index contributed by atoms with van der Waals surface area (Å²) in [5.74, 6) is 1.56. The molecule has 1 aromatic rings. The fourth-order valence-electron chi connectivity index (χ4n) is 1.60. The van der Waals surface area contributed by atoms with Crippen molar-refractivity contribution in [3.8, 4) is 11.5 Å². The lowest BCUT2D eigenvalue weighted by atomic mass is 9.86. The Labute approximate surface area is 109 Å². The highest BCUT2D eigenvalue weighted by molar-refractivity contribution is 5.44. The van der Waals surface area contributed by atoms with E-state index in [1.54, 1.807) is 7.11 Å². The summed E-state index contributed by atoms with van der Waals surface area (Å²) in [6.07, 6.45) is -0.639. The van der Waals surface area contributed by atoms with Crippen LogP contribution >= 0.6 is 0 Å². The van der Waals surface area contributed by atoms with E-state index in [1.165, 1.54) is 0 Å². The van der Waals surface area contributed by atoms with Crippen molar-refractivity contribution in [2.75, 3.05) is 20.3 Å². The number of methoxy groups -OCH3 is 1.